The van der Waals surface area contributed by atoms with E-state index in [1.165, 1.54) is 5.01 Å². The number of nitrogens with zero attached hydrogens (tertiary/aromatic N) is 2. The first kappa shape index (κ1) is 11.7. The highest BCUT2D eigenvalue weighted by Crippen LogP contribution is 2.11. The van der Waals surface area contributed by atoms with Crippen molar-refractivity contribution in [1.29, 1.82) is 0 Å². The third-order valence-corrected chi connectivity index (χ3v) is 2.03. The number of carbonyl (C=O) groups excluding carboxylic acids is 2. The van der Waals surface area contributed by atoms with E-state index in [0.717, 1.165) is 18.6 Å². The highest BCUT2D eigenvalue weighted by atomic mass is 16.5. The van der Waals surface area contributed by atoms with Crippen LogP contribution >= 0.6 is 0 Å². The van der Waals surface area contributed by atoms with Gasteiger partial charge in [-0.3, -0.25) is 9.59 Å². The Balaban J connectivity index is 2.48. The van der Waals surface area contributed by atoms with Gasteiger partial charge in [0.25, 0.3) is 0 Å². The van der Waals surface area contributed by atoms with Gasteiger partial charge in [0.2, 0.25) is 5.91 Å². The van der Waals surface area contributed by atoms with Crippen molar-refractivity contribution in [2.24, 2.45) is 5.10 Å². The molecule has 5 nitrogen and oxygen atoms in total. The molecule has 0 bridgehead atoms. The maximum Gasteiger partial charge on any atom is 0.327 e. The zero-order valence-corrected chi connectivity index (χ0v) is 9.15. The van der Waals surface area contributed by atoms with Crippen LogP contribution in [-0.2, 0) is 14.3 Å². The molecular weight excluding hydrogens is 196 g/mol. The lowest BCUT2D eigenvalue weighted by molar-refractivity contribution is -0.148. The van der Waals surface area contributed by atoms with Gasteiger partial charge in [-0.15, -0.1) is 0 Å². The van der Waals surface area contributed by atoms with E-state index in [-0.39, 0.29) is 12.5 Å². The summed E-state index contributed by atoms with van der Waals surface area (Å²) >= 11 is 0. The van der Waals surface area contributed by atoms with Crippen molar-refractivity contribution in [2.75, 3.05) is 13.2 Å². The molecule has 5 heteroatoms. The minimum atomic E-state index is -0.410. The number of hydrogen-bond acceptors (Lipinski definition) is 4. The van der Waals surface area contributed by atoms with Crippen molar-refractivity contribution in [2.45, 2.75) is 33.1 Å². The lowest BCUT2D eigenvalue weighted by atomic mass is 10.2. The maximum atomic E-state index is 11.4. The molecule has 0 aromatic rings. The number of hydrogen-bond donors (Lipinski definition) is 0. The average molecular weight is 212 g/mol. The predicted octanol–water partition coefficient (Wildman–Crippen LogP) is 0.938. The van der Waals surface area contributed by atoms with Crippen molar-refractivity contribution in [3.05, 3.63) is 0 Å². The fourth-order valence-corrected chi connectivity index (χ4v) is 1.41. The van der Waals surface area contributed by atoms with Gasteiger partial charge < -0.3 is 4.74 Å². The summed E-state index contributed by atoms with van der Waals surface area (Å²) in [5.74, 6) is -0.529. The van der Waals surface area contributed by atoms with Crippen LogP contribution in [0.3, 0.4) is 0 Å². The van der Waals surface area contributed by atoms with E-state index >= 15 is 0 Å². The average Bonchev–Trinajstić information content (AvgIpc) is 2.48. The molecule has 0 fully saturated rings. The molecule has 0 saturated carbocycles. The first-order valence-electron chi connectivity index (χ1n) is 5.19. The van der Waals surface area contributed by atoms with E-state index in [2.05, 4.69) is 5.10 Å². The van der Waals surface area contributed by atoms with E-state index in [1.807, 2.05) is 6.92 Å². The number of hydrazone groups is 1. The summed E-state index contributed by atoms with van der Waals surface area (Å²) in [7, 11) is 0. The summed E-state index contributed by atoms with van der Waals surface area (Å²) in [6.45, 7) is 4.02. The van der Waals surface area contributed by atoms with Crippen LogP contribution in [0.2, 0.25) is 0 Å². The summed E-state index contributed by atoms with van der Waals surface area (Å²) in [4.78, 5) is 22.5. The predicted molar refractivity (Wildman–Crippen MR) is 55.3 cm³/mol. The molecule has 84 valence electrons. The Bertz CT molecular complexity index is 286. The second kappa shape index (κ2) is 5.48. The van der Waals surface area contributed by atoms with Gasteiger partial charge in [-0.25, -0.2) is 5.01 Å². The van der Waals surface area contributed by atoms with Crippen molar-refractivity contribution in [1.82, 2.24) is 5.01 Å². The number of esters is 1. The van der Waals surface area contributed by atoms with Gasteiger partial charge in [0, 0.05) is 5.71 Å². The minimum absolute atomic E-state index is 0.0696. The molecule has 0 aromatic heterocycles. The monoisotopic (exact) mass is 212 g/mol. The summed E-state index contributed by atoms with van der Waals surface area (Å²) < 4.78 is 4.75. The topological polar surface area (TPSA) is 59.0 Å². The first-order valence-corrected chi connectivity index (χ1v) is 5.19. The molecule has 1 rings (SSSR count). The molecule has 15 heavy (non-hydrogen) atoms. The Morgan fingerprint density at radius 3 is 2.87 bits per heavy atom. The van der Waals surface area contributed by atoms with E-state index in [9.17, 15) is 9.59 Å². The van der Waals surface area contributed by atoms with Gasteiger partial charge in [0.05, 0.1) is 13.0 Å². The van der Waals surface area contributed by atoms with Gasteiger partial charge >= 0.3 is 5.97 Å². The second-order valence-corrected chi connectivity index (χ2v) is 3.35. The van der Waals surface area contributed by atoms with Gasteiger partial charge in [0.1, 0.15) is 6.54 Å². The standard InChI is InChI=1S/C10H16N2O3/c1-3-5-8-6-9(13)12(11-8)7-10(14)15-4-2/h3-7H2,1-2H3. The molecule has 1 heterocycles. The SMILES string of the molecule is CCCC1=NN(CC(=O)OCC)C(=O)C1. The van der Waals surface area contributed by atoms with Crippen LogP contribution in [-0.4, -0.2) is 35.7 Å². The smallest absolute Gasteiger partial charge is 0.327 e. The van der Waals surface area contributed by atoms with Crippen LogP contribution in [0.5, 0.6) is 0 Å². The molecule has 1 amide bonds. The summed E-state index contributed by atoms with van der Waals surface area (Å²) in [5, 5.41) is 5.28. The summed E-state index contributed by atoms with van der Waals surface area (Å²) in [6.07, 6.45) is 2.11. The van der Waals surface area contributed by atoms with Crippen LogP contribution in [0.1, 0.15) is 33.1 Å². The molecule has 1 aliphatic rings. The molecular formula is C10H16N2O3. The van der Waals surface area contributed by atoms with Crippen molar-refractivity contribution < 1.29 is 14.3 Å². The fraction of sp³-hybridized carbons (Fsp3) is 0.700. The first-order chi connectivity index (χ1) is 7.17. The van der Waals surface area contributed by atoms with Crippen LogP contribution < -0.4 is 0 Å². The van der Waals surface area contributed by atoms with Crippen LogP contribution in [0, 0.1) is 0 Å². The number of carbonyl (C=O) groups is 2. The fourth-order valence-electron chi connectivity index (χ4n) is 1.41. The Morgan fingerprint density at radius 1 is 1.53 bits per heavy atom. The molecule has 0 saturated heterocycles. The maximum absolute atomic E-state index is 11.4. The zero-order chi connectivity index (χ0) is 11.3. The number of rotatable bonds is 5. The third-order valence-electron chi connectivity index (χ3n) is 2.03. The molecule has 0 aliphatic carbocycles. The number of ether oxygens (including phenoxy) is 1. The lowest BCUT2D eigenvalue weighted by Crippen LogP contribution is -2.28. The molecule has 0 radical (unpaired) electrons. The van der Waals surface area contributed by atoms with Gasteiger partial charge in [-0.1, -0.05) is 13.3 Å². The second-order valence-electron chi connectivity index (χ2n) is 3.35. The van der Waals surface area contributed by atoms with E-state index in [4.69, 9.17) is 4.74 Å². The summed E-state index contributed by atoms with van der Waals surface area (Å²) in [5.41, 5.74) is 0.854. The normalized spacial score (nSPS) is 15.5. The highest BCUT2D eigenvalue weighted by Gasteiger charge is 2.25. The van der Waals surface area contributed by atoms with Crippen LogP contribution in [0.4, 0.5) is 0 Å². The van der Waals surface area contributed by atoms with E-state index in [0.29, 0.717) is 13.0 Å². The minimum Gasteiger partial charge on any atom is -0.465 e. The Hall–Kier alpha value is -1.39. The Labute approximate surface area is 89.1 Å². The summed E-state index contributed by atoms with van der Waals surface area (Å²) in [6, 6.07) is 0. The van der Waals surface area contributed by atoms with Gasteiger partial charge in [-0.05, 0) is 13.3 Å². The molecule has 0 unspecified atom stereocenters. The highest BCUT2D eigenvalue weighted by molar-refractivity contribution is 6.05. The van der Waals surface area contributed by atoms with Crippen molar-refractivity contribution in [3.63, 3.8) is 0 Å². The molecule has 1 aliphatic heterocycles. The largest absolute Gasteiger partial charge is 0.465 e. The number of amides is 1. The third kappa shape index (κ3) is 3.34. The zero-order valence-electron chi connectivity index (χ0n) is 9.15. The molecule has 0 aromatic carbocycles. The van der Waals surface area contributed by atoms with Crippen molar-refractivity contribution >= 4 is 17.6 Å². The van der Waals surface area contributed by atoms with Crippen LogP contribution in [0.15, 0.2) is 5.10 Å². The van der Waals surface area contributed by atoms with Gasteiger partial charge in [-0.2, -0.15) is 5.10 Å². The van der Waals surface area contributed by atoms with E-state index in [1.54, 1.807) is 6.92 Å². The molecule has 0 spiro atoms. The molecule has 0 N–H and O–H groups in total. The lowest BCUT2D eigenvalue weighted by Gasteiger charge is -2.09. The quantitative estimate of drug-likeness (QED) is 0.637. The van der Waals surface area contributed by atoms with Crippen LogP contribution in [0.25, 0.3) is 0 Å². The Kier molecular flexibility index (Phi) is 4.27. The van der Waals surface area contributed by atoms with Gasteiger partial charge in [0.15, 0.2) is 0 Å². The van der Waals surface area contributed by atoms with Crippen molar-refractivity contribution in [3.8, 4) is 0 Å². The Morgan fingerprint density at radius 2 is 2.27 bits per heavy atom. The van der Waals surface area contributed by atoms with E-state index < -0.39 is 5.97 Å². The molecule has 0 atom stereocenters.